The van der Waals surface area contributed by atoms with Gasteiger partial charge in [0, 0.05) is 0 Å². The number of nitrogens with zero attached hydrogens (tertiary/aromatic N) is 1. The molecule has 0 aromatic rings. The molecule has 0 aromatic heterocycles. The smallest absolute Gasteiger partial charge is 0.0755 e. The Morgan fingerprint density at radius 2 is 1.11 bits per heavy atom. The van der Waals surface area contributed by atoms with Gasteiger partial charge in [-0.25, -0.2) is 0 Å². The molecule has 0 aliphatic carbocycles. The lowest BCUT2D eigenvalue weighted by atomic mass is 10.4. The molecule has 0 fully saturated rings. The van der Waals surface area contributed by atoms with Gasteiger partial charge in [0.25, 0.3) is 0 Å². The minimum atomic E-state index is 0. The van der Waals surface area contributed by atoms with Crippen molar-refractivity contribution in [2.75, 3.05) is 26.7 Å². The van der Waals surface area contributed by atoms with E-state index in [2.05, 4.69) is 27.8 Å². The molecule has 0 saturated carbocycles. The van der Waals surface area contributed by atoms with Crippen LogP contribution in [0.5, 0.6) is 0 Å². The van der Waals surface area contributed by atoms with E-state index in [1.54, 1.807) is 0 Å². The molecular formula is C7H18FN. The Morgan fingerprint density at radius 1 is 0.889 bits per heavy atom. The van der Waals surface area contributed by atoms with Crippen LogP contribution in [0.15, 0.2) is 0 Å². The van der Waals surface area contributed by atoms with E-state index in [1.807, 2.05) is 0 Å². The molecule has 0 atom stereocenters. The highest BCUT2D eigenvalue weighted by molar-refractivity contribution is 4.24. The van der Waals surface area contributed by atoms with Crippen LogP contribution in [0.3, 0.4) is 0 Å². The molecule has 1 nitrogen and oxygen atoms in total. The highest BCUT2D eigenvalue weighted by Gasteiger charge is 2.10. The lowest BCUT2D eigenvalue weighted by molar-refractivity contribution is -0.904. The van der Waals surface area contributed by atoms with Crippen molar-refractivity contribution in [1.82, 2.24) is 0 Å². The molecule has 0 bridgehead atoms. The normalized spacial score (nSPS) is 10.7. The largest absolute Gasteiger partial charge is 1.00 e. The molecule has 0 amide bonds. The first-order valence-corrected chi connectivity index (χ1v) is 3.52. The zero-order valence-electron chi connectivity index (χ0n) is 6.95. The average Bonchev–Trinajstić information content (AvgIpc) is 1.87. The van der Waals surface area contributed by atoms with Crippen LogP contribution in [0, 0.1) is 0 Å². The van der Waals surface area contributed by atoms with E-state index in [1.165, 1.54) is 24.1 Å². The van der Waals surface area contributed by atoms with Crippen molar-refractivity contribution in [3.05, 3.63) is 0 Å². The van der Waals surface area contributed by atoms with E-state index < -0.39 is 0 Å². The van der Waals surface area contributed by atoms with E-state index in [4.69, 9.17) is 0 Å². The molecule has 0 radical (unpaired) electrons. The molecule has 0 spiro atoms. The van der Waals surface area contributed by atoms with Gasteiger partial charge >= 0.3 is 0 Å². The summed E-state index contributed by atoms with van der Waals surface area (Å²) in [5.41, 5.74) is 0. The van der Waals surface area contributed by atoms with Gasteiger partial charge in [0.2, 0.25) is 0 Å². The van der Waals surface area contributed by atoms with Crippen molar-refractivity contribution in [1.29, 1.82) is 0 Å². The summed E-state index contributed by atoms with van der Waals surface area (Å²) in [6.07, 6.45) is 0. The topological polar surface area (TPSA) is 0 Å². The first-order chi connectivity index (χ1) is 3.68. The Kier molecular flexibility index (Phi) is 6.14. The third kappa shape index (κ3) is 3.46. The van der Waals surface area contributed by atoms with E-state index >= 15 is 0 Å². The van der Waals surface area contributed by atoms with E-state index in [0.29, 0.717) is 0 Å². The van der Waals surface area contributed by atoms with E-state index in [-0.39, 0.29) is 4.70 Å². The molecule has 0 aliphatic rings. The lowest BCUT2D eigenvalue weighted by Gasteiger charge is -2.30. The summed E-state index contributed by atoms with van der Waals surface area (Å²) >= 11 is 0. The maximum absolute atomic E-state index is 2.29. The summed E-state index contributed by atoms with van der Waals surface area (Å²) in [7, 11) is 2.29. The summed E-state index contributed by atoms with van der Waals surface area (Å²) in [5, 5.41) is 0. The minimum absolute atomic E-state index is 0. The predicted molar refractivity (Wildman–Crippen MR) is 37.8 cm³/mol. The second-order valence-corrected chi connectivity index (χ2v) is 2.57. The second-order valence-electron chi connectivity index (χ2n) is 2.57. The Bertz CT molecular complexity index is 51.7. The first kappa shape index (κ1) is 11.7. The van der Waals surface area contributed by atoms with Crippen LogP contribution in [0.4, 0.5) is 0 Å². The number of hydrogen-bond donors (Lipinski definition) is 0. The molecule has 0 rings (SSSR count). The molecule has 58 valence electrons. The van der Waals surface area contributed by atoms with Crippen molar-refractivity contribution >= 4 is 0 Å². The zero-order valence-corrected chi connectivity index (χ0v) is 6.95. The molecule has 0 unspecified atom stereocenters. The van der Waals surface area contributed by atoms with Gasteiger partial charge in [0.1, 0.15) is 0 Å². The average molecular weight is 135 g/mol. The first-order valence-electron chi connectivity index (χ1n) is 3.52. The van der Waals surface area contributed by atoms with Crippen LogP contribution in [0.2, 0.25) is 0 Å². The Balaban J connectivity index is 0. The van der Waals surface area contributed by atoms with Crippen molar-refractivity contribution in [2.45, 2.75) is 20.8 Å². The molecule has 0 aromatic carbocycles. The quantitative estimate of drug-likeness (QED) is 0.413. The highest BCUT2D eigenvalue weighted by Crippen LogP contribution is 1.97. The number of halogens is 1. The number of hydrogen-bond acceptors (Lipinski definition) is 0. The van der Waals surface area contributed by atoms with Gasteiger partial charge in [-0.3, -0.25) is 0 Å². The number of quaternary nitrogens is 1. The molecule has 0 saturated heterocycles. The van der Waals surface area contributed by atoms with Gasteiger partial charge in [0.15, 0.2) is 0 Å². The van der Waals surface area contributed by atoms with Crippen LogP contribution in [0.1, 0.15) is 20.8 Å². The molecule has 2 heteroatoms. The fourth-order valence-electron chi connectivity index (χ4n) is 0.671. The fourth-order valence-corrected chi connectivity index (χ4v) is 0.671. The Hall–Kier alpha value is -0.110. The lowest BCUT2D eigenvalue weighted by Crippen LogP contribution is -3.00. The van der Waals surface area contributed by atoms with Crippen LogP contribution >= 0.6 is 0 Å². The molecule has 0 N–H and O–H groups in total. The SMILES string of the molecule is CC[N+](C)(CC)CC.[F-]. The van der Waals surface area contributed by atoms with E-state index in [9.17, 15) is 0 Å². The maximum Gasteiger partial charge on any atom is 0.0755 e. The maximum atomic E-state index is 2.29. The fraction of sp³-hybridized carbons (Fsp3) is 1.00. The van der Waals surface area contributed by atoms with Crippen LogP contribution in [-0.2, 0) is 0 Å². The minimum Gasteiger partial charge on any atom is -1.00 e. The van der Waals surface area contributed by atoms with Crippen LogP contribution < -0.4 is 4.70 Å². The Morgan fingerprint density at radius 3 is 1.11 bits per heavy atom. The summed E-state index contributed by atoms with van der Waals surface area (Å²) in [6.45, 7) is 10.5. The van der Waals surface area contributed by atoms with Gasteiger partial charge in [-0.15, -0.1) is 0 Å². The van der Waals surface area contributed by atoms with Crippen LogP contribution in [0.25, 0.3) is 0 Å². The van der Waals surface area contributed by atoms with Gasteiger partial charge in [0.05, 0.1) is 26.7 Å². The van der Waals surface area contributed by atoms with Crippen molar-refractivity contribution in [3.63, 3.8) is 0 Å². The molecule has 0 heterocycles. The van der Waals surface area contributed by atoms with Crippen molar-refractivity contribution < 1.29 is 9.19 Å². The zero-order chi connectivity index (χ0) is 6.62. The van der Waals surface area contributed by atoms with Gasteiger partial charge in [-0.1, -0.05) is 0 Å². The predicted octanol–water partition coefficient (Wildman–Crippen LogP) is -1.50. The van der Waals surface area contributed by atoms with Crippen molar-refractivity contribution in [3.8, 4) is 0 Å². The van der Waals surface area contributed by atoms with Gasteiger partial charge in [-0.2, -0.15) is 0 Å². The Labute approximate surface area is 57.6 Å². The third-order valence-corrected chi connectivity index (χ3v) is 2.29. The number of rotatable bonds is 3. The highest BCUT2D eigenvalue weighted by atomic mass is 19.0. The van der Waals surface area contributed by atoms with E-state index in [0.717, 1.165) is 0 Å². The third-order valence-electron chi connectivity index (χ3n) is 2.29. The van der Waals surface area contributed by atoms with Gasteiger partial charge < -0.3 is 9.19 Å². The van der Waals surface area contributed by atoms with Crippen molar-refractivity contribution in [2.24, 2.45) is 0 Å². The second kappa shape index (κ2) is 4.74. The summed E-state index contributed by atoms with van der Waals surface area (Å²) in [5.74, 6) is 0. The summed E-state index contributed by atoms with van der Waals surface area (Å²) in [4.78, 5) is 0. The molecular weight excluding hydrogens is 117 g/mol. The summed E-state index contributed by atoms with van der Waals surface area (Å²) < 4.78 is 1.21. The molecule has 0 aliphatic heterocycles. The molecule has 9 heavy (non-hydrogen) atoms. The standard InChI is InChI=1S/C7H18N.FH/c1-5-8(4,6-2)7-3;/h5-7H2,1-4H3;1H/q+1;/p-1. The van der Waals surface area contributed by atoms with Gasteiger partial charge in [-0.05, 0) is 20.8 Å². The van der Waals surface area contributed by atoms with Crippen LogP contribution in [-0.4, -0.2) is 31.2 Å². The monoisotopic (exact) mass is 135 g/mol. The summed E-state index contributed by atoms with van der Waals surface area (Å²) in [6, 6.07) is 0.